The van der Waals surface area contributed by atoms with Gasteiger partial charge in [-0.15, -0.1) is 0 Å². The average molecular weight is 420 g/mol. The Morgan fingerprint density at radius 2 is 1.86 bits per heavy atom. The fourth-order valence-corrected chi connectivity index (χ4v) is 2.53. The first-order valence-electron chi connectivity index (χ1n) is 4.03. The van der Waals surface area contributed by atoms with Gasteiger partial charge in [0.2, 0.25) is 0 Å². The van der Waals surface area contributed by atoms with E-state index in [1.807, 2.05) is 6.92 Å². The van der Waals surface area contributed by atoms with Crippen molar-refractivity contribution in [1.29, 1.82) is 0 Å². The van der Waals surface area contributed by atoms with E-state index in [-0.39, 0.29) is 6.79 Å². The van der Waals surface area contributed by atoms with Gasteiger partial charge in [0.15, 0.2) is 6.79 Å². The quantitative estimate of drug-likeness (QED) is 0.463. The average Bonchev–Trinajstić information content (AvgIpc) is 2.14. The molecule has 1 aromatic carbocycles. The van der Waals surface area contributed by atoms with E-state index in [4.69, 9.17) is 9.47 Å². The van der Waals surface area contributed by atoms with Crippen molar-refractivity contribution < 1.29 is 14.6 Å². The summed E-state index contributed by atoms with van der Waals surface area (Å²) in [6.07, 6.45) is 0. The summed E-state index contributed by atoms with van der Waals surface area (Å²) >= 11 is 4.12. The van der Waals surface area contributed by atoms with Crippen LogP contribution in [0.3, 0.4) is 0 Å². The van der Waals surface area contributed by atoms with Gasteiger partial charge < -0.3 is 14.6 Å². The monoisotopic (exact) mass is 420 g/mol. The van der Waals surface area contributed by atoms with E-state index in [1.54, 1.807) is 12.1 Å². The molecular weight excluding hydrogens is 410 g/mol. The number of hydrogen-bond acceptors (Lipinski definition) is 3. The van der Waals surface area contributed by atoms with Crippen molar-refractivity contribution in [2.45, 2.75) is 6.92 Å². The summed E-state index contributed by atoms with van der Waals surface area (Å²) in [5, 5.41) is 9.50. The van der Waals surface area contributed by atoms with Crippen LogP contribution in [0.4, 0.5) is 0 Å². The molecule has 0 aliphatic carbocycles. The Morgan fingerprint density at radius 1 is 1.29 bits per heavy atom. The Labute approximate surface area is 110 Å². The first-order chi connectivity index (χ1) is 6.65. The third-order valence-corrected chi connectivity index (χ3v) is 3.15. The predicted octanol–water partition coefficient (Wildman–Crippen LogP) is 2.97. The number of halogens is 2. The molecule has 0 saturated carbocycles. The van der Waals surface area contributed by atoms with Gasteiger partial charge in [0.05, 0.1) is 7.14 Å². The molecule has 0 aliphatic rings. The molecule has 0 fully saturated rings. The highest BCUT2D eigenvalue weighted by Gasteiger charge is 2.06. The maximum atomic E-state index is 9.50. The topological polar surface area (TPSA) is 38.7 Å². The largest absolute Gasteiger partial charge is 0.506 e. The molecule has 1 N–H and O–H groups in total. The summed E-state index contributed by atoms with van der Waals surface area (Å²) in [5.41, 5.74) is 0. The molecular formula is C9H10I2O3. The Kier molecular flexibility index (Phi) is 5.24. The molecule has 0 unspecified atom stereocenters. The van der Waals surface area contributed by atoms with E-state index in [2.05, 4.69) is 45.2 Å². The van der Waals surface area contributed by atoms with Crippen molar-refractivity contribution >= 4 is 45.2 Å². The van der Waals surface area contributed by atoms with Gasteiger partial charge in [0.1, 0.15) is 11.5 Å². The molecule has 0 amide bonds. The Bertz CT molecular complexity index is 292. The third-order valence-electron chi connectivity index (χ3n) is 1.50. The van der Waals surface area contributed by atoms with Gasteiger partial charge >= 0.3 is 0 Å². The molecule has 0 aliphatic heterocycles. The molecule has 0 bridgehead atoms. The minimum atomic E-state index is 0.243. The van der Waals surface area contributed by atoms with Crippen molar-refractivity contribution in [2.24, 2.45) is 0 Å². The summed E-state index contributed by atoms with van der Waals surface area (Å²) in [7, 11) is 0. The molecule has 0 heterocycles. The van der Waals surface area contributed by atoms with Crippen LogP contribution in [0.25, 0.3) is 0 Å². The fraction of sp³-hybridized carbons (Fsp3) is 0.333. The van der Waals surface area contributed by atoms with Crippen molar-refractivity contribution in [2.75, 3.05) is 13.4 Å². The van der Waals surface area contributed by atoms with Crippen LogP contribution in [-0.2, 0) is 4.74 Å². The van der Waals surface area contributed by atoms with Gasteiger partial charge in [-0.2, -0.15) is 0 Å². The second-order valence-electron chi connectivity index (χ2n) is 2.49. The van der Waals surface area contributed by atoms with Crippen molar-refractivity contribution in [3.05, 3.63) is 19.3 Å². The van der Waals surface area contributed by atoms with E-state index < -0.39 is 0 Å². The van der Waals surface area contributed by atoms with Crippen LogP contribution in [0.5, 0.6) is 11.5 Å². The number of ether oxygens (including phenoxy) is 2. The first-order valence-corrected chi connectivity index (χ1v) is 6.19. The van der Waals surface area contributed by atoms with E-state index in [9.17, 15) is 5.11 Å². The lowest BCUT2D eigenvalue weighted by molar-refractivity contribution is 0.0223. The second-order valence-corrected chi connectivity index (χ2v) is 4.81. The predicted molar refractivity (Wildman–Crippen MR) is 70.7 cm³/mol. The molecule has 3 nitrogen and oxygen atoms in total. The minimum absolute atomic E-state index is 0.243. The first kappa shape index (κ1) is 12.3. The number of rotatable bonds is 4. The molecule has 1 rings (SSSR count). The highest BCUT2D eigenvalue weighted by atomic mass is 127. The van der Waals surface area contributed by atoms with Gasteiger partial charge in [-0.3, -0.25) is 0 Å². The van der Waals surface area contributed by atoms with Gasteiger partial charge in [-0.1, -0.05) is 0 Å². The van der Waals surface area contributed by atoms with Crippen LogP contribution in [0.2, 0.25) is 0 Å². The number of phenols is 1. The van der Waals surface area contributed by atoms with Gasteiger partial charge in [-0.05, 0) is 64.2 Å². The van der Waals surface area contributed by atoms with Crippen LogP contribution in [0.15, 0.2) is 12.1 Å². The number of phenolic OH excluding ortho intramolecular Hbond substituents is 1. The Balaban J connectivity index is 2.69. The SMILES string of the molecule is CCOCOc1cc(I)c(O)c(I)c1. The van der Waals surface area contributed by atoms with Crippen LogP contribution >= 0.6 is 45.2 Å². The van der Waals surface area contributed by atoms with Crippen molar-refractivity contribution in [3.8, 4) is 11.5 Å². The number of aromatic hydroxyl groups is 1. The highest BCUT2D eigenvalue weighted by molar-refractivity contribution is 14.1. The molecule has 0 aromatic heterocycles. The van der Waals surface area contributed by atoms with Crippen molar-refractivity contribution in [3.63, 3.8) is 0 Å². The summed E-state index contributed by atoms with van der Waals surface area (Å²) in [6, 6.07) is 3.55. The fourth-order valence-electron chi connectivity index (χ4n) is 0.819. The van der Waals surface area contributed by atoms with Gasteiger partial charge in [0.25, 0.3) is 0 Å². The number of benzene rings is 1. The summed E-state index contributed by atoms with van der Waals surface area (Å²) in [6.45, 7) is 2.79. The third kappa shape index (κ3) is 3.43. The zero-order valence-electron chi connectivity index (χ0n) is 7.59. The zero-order chi connectivity index (χ0) is 10.6. The van der Waals surface area contributed by atoms with Crippen LogP contribution in [0.1, 0.15) is 6.92 Å². The van der Waals surface area contributed by atoms with Crippen LogP contribution < -0.4 is 4.74 Å². The molecule has 78 valence electrons. The Morgan fingerprint density at radius 3 is 2.36 bits per heavy atom. The highest BCUT2D eigenvalue weighted by Crippen LogP contribution is 2.30. The van der Waals surface area contributed by atoms with E-state index >= 15 is 0 Å². The smallest absolute Gasteiger partial charge is 0.189 e. The summed E-state index contributed by atoms with van der Waals surface area (Å²) < 4.78 is 11.9. The molecule has 0 spiro atoms. The van der Waals surface area contributed by atoms with Gasteiger partial charge in [0, 0.05) is 6.61 Å². The summed E-state index contributed by atoms with van der Waals surface area (Å²) in [5.74, 6) is 1.01. The molecule has 0 saturated heterocycles. The maximum absolute atomic E-state index is 9.50. The second kappa shape index (κ2) is 5.96. The normalized spacial score (nSPS) is 10.2. The molecule has 0 atom stereocenters. The zero-order valence-corrected chi connectivity index (χ0v) is 11.9. The van der Waals surface area contributed by atoms with E-state index in [1.165, 1.54) is 0 Å². The lowest BCUT2D eigenvalue weighted by atomic mass is 10.3. The van der Waals surface area contributed by atoms with Crippen LogP contribution in [-0.4, -0.2) is 18.5 Å². The molecule has 5 heteroatoms. The van der Waals surface area contributed by atoms with Gasteiger partial charge in [-0.25, -0.2) is 0 Å². The standard InChI is InChI=1S/C9H10I2O3/c1-2-13-5-14-6-3-7(10)9(12)8(11)4-6/h3-4,12H,2,5H2,1H3. The van der Waals surface area contributed by atoms with Crippen molar-refractivity contribution in [1.82, 2.24) is 0 Å². The molecule has 1 aromatic rings. The summed E-state index contributed by atoms with van der Waals surface area (Å²) in [4.78, 5) is 0. The van der Waals surface area contributed by atoms with E-state index in [0.717, 1.165) is 7.14 Å². The minimum Gasteiger partial charge on any atom is -0.506 e. The Hall–Kier alpha value is 0.240. The lowest BCUT2D eigenvalue weighted by Gasteiger charge is -2.08. The maximum Gasteiger partial charge on any atom is 0.189 e. The molecule has 14 heavy (non-hydrogen) atoms. The molecule has 0 radical (unpaired) electrons. The van der Waals surface area contributed by atoms with Crippen LogP contribution in [0, 0.1) is 7.14 Å². The lowest BCUT2D eigenvalue weighted by Crippen LogP contribution is -2.02. The number of hydrogen-bond donors (Lipinski definition) is 1. The van der Waals surface area contributed by atoms with E-state index in [0.29, 0.717) is 18.1 Å².